The second kappa shape index (κ2) is 12.0. The average molecular weight is 561 g/mol. The minimum atomic E-state index is -0.610. The van der Waals surface area contributed by atoms with Crippen molar-refractivity contribution >= 4 is 40.7 Å². The first-order chi connectivity index (χ1) is 19.4. The Kier molecular flexibility index (Phi) is 8.30. The molecular weight excluding hydrogens is 532 g/mol. The van der Waals surface area contributed by atoms with Gasteiger partial charge in [0.25, 0.3) is 17.7 Å². The van der Waals surface area contributed by atoms with Gasteiger partial charge in [0.15, 0.2) is 5.76 Å². The Morgan fingerprint density at radius 3 is 2.58 bits per heavy atom. The highest BCUT2D eigenvalue weighted by Crippen LogP contribution is 2.34. The molecule has 0 radical (unpaired) electrons. The van der Waals surface area contributed by atoms with Crippen LogP contribution in [0.2, 0.25) is 5.02 Å². The molecular formula is C31H29ClN2O6. The molecule has 2 aliphatic rings. The number of unbranched alkanes of at least 4 members (excludes halogenated alkanes) is 1. The minimum Gasteiger partial charge on any atom is -0.459 e. The van der Waals surface area contributed by atoms with Gasteiger partial charge in [-0.3, -0.25) is 14.4 Å². The number of halogens is 1. The van der Waals surface area contributed by atoms with E-state index in [4.69, 9.17) is 26.2 Å². The highest BCUT2D eigenvalue weighted by atomic mass is 35.5. The fraction of sp³-hybridized carbons (Fsp3) is 0.258. The molecule has 2 heterocycles. The molecule has 3 aromatic carbocycles. The minimum absolute atomic E-state index is 0.0787. The summed E-state index contributed by atoms with van der Waals surface area (Å²) in [4.78, 5) is 40.4. The molecule has 5 rings (SSSR count). The summed E-state index contributed by atoms with van der Waals surface area (Å²) < 4.78 is 11.8. The fourth-order valence-electron chi connectivity index (χ4n) is 4.89. The Hall–Kier alpha value is -3.98. The van der Waals surface area contributed by atoms with Crippen LogP contribution < -0.4 is 10.2 Å². The van der Waals surface area contributed by atoms with Crippen molar-refractivity contribution in [1.29, 1.82) is 0 Å². The van der Waals surface area contributed by atoms with E-state index >= 15 is 0 Å². The lowest BCUT2D eigenvalue weighted by molar-refractivity contribution is -0.143. The lowest BCUT2D eigenvalue weighted by Gasteiger charge is -2.29. The maximum absolute atomic E-state index is 13.3. The number of rotatable bonds is 9. The molecule has 0 saturated heterocycles. The highest BCUT2D eigenvalue weighted by Gasteiger charge is 2.37. The van der Waals surface area contributed by atoms with Crippen molar-refractivity contribution in [2.75, 3.05) is 23.4 Å². The van der Waals surface area contributed by atoms with Crippen molar-refractivity contribution in [2.24, 2.45) is 0 Å². The van der Waals surface area contributed by atoms with Crippen LogP contribution in [0.3, 0.4) is 0 Å². The number of allylic oxidation sites excluding steroid dienone is 1. The summed E-state index contributed by atoms with van der Waals surface area (Å²) in [5.74, 6) is -1.24. The van der Waals surface area contributed by atoms with Crippen molar-refractivity contribution in [2.45, 2.75) is 38.4 Å². The SMILES string of the molecule is Cc1cc(NC(=O)C2=C[C@H](c3ccccc3)C[C@H](OCCCCO)O2)ccc1N1C(=O)c2ccc(Cl)cc2C1=O. The number of aliphatic hydroxyl groups is 1. The van der Waals surface area contributed by atoms with Crippen LogP contribution in [-0.4, -0.2) is 42.3 Å². The van der Waals surface area contributed by atoms with Gasteiger partial charge in [-0.25, -0.2) is 4.90 Å². The average Bonchev–Trinajstić information content (AvgIpc) is 3.20. The van der Waals surface area contributed by atoms with E-state index in [-0.39, 0.29) is 23.8 Å². The molecule has 9 heteroatoms. The fourth-order valence-corrected chi connectivity index (χ4v) is 5.06. The Bertz CT molecular complexity index is 1470. The number of hydrogen-bond acceptors (Lipinski definition) is 6. The Morgan fingerprint density at radius 2 is 1.82 bits per heavy atom. The summed E-state index contributed by atoms with van der Waals surface area (Å²) in [5, 5.41) is 12.3. The van der Waals surface area contributed by atoms with Crippen molar-refractivity contribution in [3.63, 3.8) is 0 Å². The summed E-state index contributed by atoms with van der Waals surface area (Å²) in [6.45, 7) is 2.26. The van der Waals surface area contributed by atoms with Crippen LogP contribution in [0.1, 0.15) is 57.0 Å². The predicted octanol–water partition coefficient (Wildman–Crippen LogP) is 5.59. The maximum atomic E-state index is 13.3. The third-order valence-electron chi connectivity index (χ3n) is 6.91. The molecule has 2 N–H and O–H groups in total. The van der Waals surface area contributed by atoms with Crippen LogP contribution in [0.15, 0.2) is 78.6 Å². The largest absolute Gasteiger partial charge is 0.459 e. The second-order valence-corrected chi connectivity index (χ2v) is 10.2. The van der Waals surface area contributed by atoms with Gasteiger partial charge in [-0.1, -0.05) is 41.9 Å². The zero-order chi connectivity index (χ0) is 28.2. The number of aliphatic hydroxyl groups excluding tert-OH is 1. The first-order valence-corrected chi connectivity index (χ1v) is 13.5. The number of carbonyl (C=O) groups is 3. The Labute approximate surface area is 237 Å². The van der Waals surface area contributed by atoms with E-state index in [1.165, 1.54) is 6.07 Å². The molecule has 0 unspecified atom stereocenters. The molecule has 206 valence electrons. The number of amides is 3. The molecule has 2 aliphatic heterocycles. The van der Waals surface area contributed by atoms with Gasteiger partial charge in [0, 0.05) is 29.7 Å². The molecule has 3 aromatic rings. The second-order valence-electron chi connectivity index (χ2n) is 9.72. The first kappa shape index (κ1) is 27.6. The molecule has 2 atom stereocenters. The first-order valence-electron chi connectivity index (χ1n) is 13.1. The number of benzene rings is 3. The summed E-state index contributed by atoms with van der Waals surface area (Å²) >= 11 is 6.03. The van der Waals surface area contributed by atoms with Gasteiger partial charge in [0.05, 0.1) is 23.4 Å². The predicted molar refractivity (Wildman–Crippen MR) is 151 cm³/mol. The topological polar surface area (TPSA) is 105 Å². The maximum Gasteiger partial charge on any atom is 0.290 e. The van der Waals surface area contributed by atoms with Crippen LogP contribution >= 0.6 is 11.6 Å². The van der Waals surface area contributed by atoms with Crippen molar-refractivity contribution in [3.05, 3.63) is 106 Å². The Morgan fingerprint density at radius 1 is 1.05 bits per heavy atom. The van der Waals surface area contributed by atoms with Gasteiger partial charge in [-0.2, -0.15) is 0 Å². The zero-order valence-corrected chi connectivity index (χ0v) is 22.7. The van der Waals surface area contributed by atoms with Gasteiger partial charge in [0.2, 0.25) is 6.29 Å². The van der Waals surface area contributed by atoms with Gasteiger partial charge in [0.1, 0.15) is 0 Å². The normalized spacial score (nSPS) is 18.3. The number of nitrogens with zero attached hydrogens (tertiary/aromatic N) is 1. The van der Waals surface area contributed by atoms with E-state index in [2.05, 4.69) is 5.32 Å². The van der Waals surface area contributed by atoms with E-state index in [0.717, 1.165) is 10.5 Å². The number of aryl methyl sites for hydroxylation is 1. The van der Waals surface area contributed by atoms with Crippen LogP contribution in [0.5, 0.6) is 0 Å². The van der Waals surface area contributed by atoms with Crippen LogP contribution in [0, 0.1) is 6.92 Å². The molecule has 0 aromatic heterocycles. The monoisotopic (exact) mass is 560 g/mol. The van der Waals surface area contributed by atoms with Crippen LogP contribution in [-0.2, 0) is 14.3 Å². The number of anilines is 2. The number of carbonyl (C=O) groups excluding carboxylic acids is 3. The summed E-state index contributed by atoms with van der Waals surface area (Å²) in [6.07, 6.45) is 3.05. The van der Waals surface area contributed by atoms with Crippen LogP contribution in [0.25, 0.3) is 0 Å². The quantitative estimate of drug-likeness (QED) is 0.261. The number of nitrogens with one attached hydrogen (secondary N) is 1. The zero-order valence-electron chi connectivity index (χ0n) is 21.9. The standard InChI is InChI=1S/C31H29ClN2O6/c1-19-15-23(10-12-26(19)34-30(37)24-11-9-22(32)18-25(24)31(34)38)33-29(36)27-16-21(20-7-3-2-4-8-20)17-28(40-27)39-14-6-5-13-35/h2-4,7-12,15-16,18,21,28,35H,5-6,13-14,17H2,1H3,(H,33,36)/t21-,28+/m0/s1. The summed E-state index contributed by atoms with van der Waals surface area (Å²) in [6, 6.07) is 19.4. The van der Waals surface area contributed by atoms with E-state index in [1.54, 1.807) is 43.3 Å². The van der Waals surface area contributed by atoms with Crippen molar-refractivity contribution in [3.8, 4) is 0 Å². The number of imide groups is 1. The van der Waals surface area contributed by atoms with Gasteiger partial charge >= 0.3 is 0 Å². The smallest absolute Gasteiger partial charge is 0.290 e. The molecule has 8 nitrogen and oxygen atoms in total. The van der Waals surface area contributed by atoms with Crippen LogP contribution in [0.4, 0.5) is 11.4 Å². The van der Waals surface area contributed by atoms with Gasteiger partial charge in [-0.15, -0.1) is 0 Å². The lowest BCUT2D eigenvalue weighted by Crippen LogP contribution is -2.30. The molecule has 0 saturated carbocycles. The number of hydrogen-bond donors (Lipinski definition) is 2. The molecule has 3 amide bonds. The third kappa shape index (κ3) is 5.79. The summed E-state index contributed by atoms with van der Waals surface area (Å²) in [5.41, 5.74) is 3.14. The molecule has 0 fully saturated rings. The van der Waals surface area contributed by atoms with E-state index < -0.39 is 24.0 Å². The highest BCUT2D eigenvalue weighted by molar-refractivity contribution is 6.37. The molecule has 0 spiro atoms. The third-order valence-corrected chi connectivity index (χ3v) is 7.14. The van der Waals surface area contributed by atoms with E-state index in [0.29, 0.717) is 53.4 Å². The van der Waals surface area contributed by atoms with E-state index in [1.807, 2.05) is 30.3 Å². The number of ether oxygens (including phenoxy) is 2. The van der Waals surface area contributed by atoms with Crippen molar-refractivity contribution < 1.29 is 29.0 Å². The molecule has 0 aliphatic carbocycles. The van der Waals surface area contributed by atoms with Gasteiger partial charge < -0.3 is 19.9 Å². The Balaban J connectivity index is 1.33. The lowest BCUT2D eigenvalue weighted by atomic mass is 9.93. The number of fused-ring (bicyclic) bond motifs is 1. The molecule has 40 heavy (non-hydrogen) atoms. The van der Waals surface area contributed by atoms with Crippen molar-refractivity contribution in [1.82, 2.24) is 0 Å². The van der Waals surface area contributed by atoms with E-state index in [9.17, 15) is 14.4 Å². The summed E-state index contributed by atoms with van der Waals surface area (Å²) in [7, 11) is 0. The van der Waals surface area contributed by atoms with Gasteiger partial charge in [-0.05, 0) is 73.4 Å². The molecule has 0 bridgehead atoms.